The summed E-state index contributed by atoms with van der Waals surface area (Å²) in [5.41, 5.74) is 0.596. The minimum absolute atomic E-state index is 0.202. The molecule has 0 radical (unpaired) electrons. The predicted molar refractivity (Wildman–Crippen MR) is 79.0 cm³/mol. The van der Waals surface area contributed by atoms with Crippen LogP contribution in [0, 0.1) is 0 Å². The summed E-state index contributed by atoms with van der Waals surface area (Å²) in [6, 6.07) is 3.33. The quantitative estimate of drug-likeness (QED) is 0.821. The number of carbonyl (C=O) groups is 1. The van der Waals surface area contributed by atoms with E-state index in [9.17, 15) is 9.90 Å². The lowest BCUT2D eigenvalue weighted by atomic mass is 10.0. The second-order valence-electron chi connectivity index (χ2n) is 5.53. The first kappa shape index (κ1) is 15.3. The lowest BCUT2D eigenvalue weighted by molar-refractivity contribution is 0.0449. The molecular weight excluding hydrogens is 276 g/mol. The highest BCUT2D eigenvalue weighted by molar-refractivity contribution is 6.29. The van der Waals surface area contributed by atoms with Gasteiger partial charge in [0.25, 0.3) is 5.91 Å². The summed E-state index contributed by atoms with van der Waals surface area (Å²) >= 11 is 5.94. The maximum atomic E-state index is 12.1. The molecule has 1 aromatic rings. The molecule has 0 aromatic carbocycles. The Balaban J connectivity index is 2.01. The monoisotopic (exact) mass is 296 g/mol. The van der Waals surface area contributed by atoms with Gasteiger partial charge in [0.15, 0.2) is 0 Å². The van der Waals surface area contributed by atoms with Crippen molar-refractivity contribution in [3.63, 3.8) is 0 Å². The van der Waals surface area contributed by atoms with Gasteiger partial charge in [-0.05, 0) is 31.4 Å². The van der Waals surface area contributed by atoms with E-state index in [4.69, 9.17) is 11.6 Å². The third kappa shape index (κ3) is 3.93. The standard InChI is InChI=1S/C15H21ClN2O2/c1-2-5-12-8-11(9-13(16)18-12)14(19)17-10-15(20)6-3-4-7-15/h8-9,20H,2-7,10H2,1H3,(H,17,19). The van der Waals surface area contributed by atoms with E-state index in [0.29, 0.717) is 17.3 Å². The number of nitrogens with one attached hydrogen (secondary N) is 1. The summed E-state index contributed by atoms with van der Waals surface area (Å²) in [4.78, 5) is 16.3. The van der Waals surface area contributed by atoms with E-state index in [1.807, 2.05) is 0 Å². The molecular formula is C15H21ClN2O2. The molecule has 5 heteroatoms. The van der Waals surface area contributed by atoms with Gasteiger partial charge in [-0.1, -0.05) is 37.8 Å². The fraction of sp³-hybridized carbons (Fsp3) is 0.600. The molecule has 4 nitrogen and oxygen atoms in total. The molecule has 1 fully saturated rings. The normalized spacial score (nSPS) is 17.1. The Labute approximate surface area is 124 Å². The van der Waals surface area contributed by atoms with Crippen LogP contribution < -0.4 is 5.32 Å². The number of pyridine rings is 1. The zero-order valence-corrected chi connectivity index (χ0v) is 12.5. The summed E-state index contributed by atoms with van der Waals surface area (Å²) in [6.45, 7) is 2.35. The minimum Gasteiger partial charge on any atom is -0.388 e. The van der Waals surface area contributed by atoms with Crippen LogP contribution in [0.5, 0.6) is 0 Å². The number of aliphatic hydroxyl groups is 1. The molecule has 1 saturated carbocycles. The number of rotatable bonds is 5. The topological polar surface area (TPSA) is 62.2 Å². The van der Waals surface area contributed by atoms with Crippen LogP contribution in [0.25, 0.3) is 0 Å². The Morgan fingerprint density at radius 2 is 2.15 bits per heavy atom. The van der Waals surface area contributed by atoms with Crippen molar-refractivity contribution in [2.45, 2.75) is 51.0 Å². The van der Waals surface area contributed by atoms with Crippen LogP contribution in [-0.2, 0) is 6.42 Å². The number of halogens is 1. The van der Waals surface area contributed by atoms with Crippen LogP contribution in [-0.4, -0.2) is 28.1 Å². The molecule has 0 spiro atoms. The third-order valence-electron chi connectivity index (χ3n) is 3.73. The molecule has 1 heterocycles. The van der Waals surface area contributed by atoms with Crippen LogP contribution in [0.15, 0.2) is 12.1 Å². The number of hydrogen-bond donors (Lipinski definition) is 2. The van der Waals surface area contributed by atoms with E-state index in [-0.39, 0.29) is 5.91 Å². The SMILES string of the molecule is CCCc1cc(C(=O)NCC2(O)CCCC2)cc(Cl)n1. The van der Waals surface area contributed by atoms with E-state index >= 15 is 0 Å². The smallest absolute Gasteiger partial charge is 0.251 e. The van der Waals surface area contributed by atoms with E-state index in [0.717, 1.165) is 44.2 Å². The number of carbonyl (C=O) groups excluding carboxylic acids is 1. The largest absolute Gasteiger partial charge is 0.388 e. The van der Waals surface area contributed by atoms with Crippen LogP contribution in [0.2, 0.25) is 5.15 Å². The summed E-state index contributed by atoms with van der Waals surface area (Å²) < 4.78 is 0. The molecule has 1 aromatic heterocycles. The van der Waals surface area contributed by atoms with Crippen molar-refractivity contribution in [2.24, 2.45) is 0 Å². The van der Waals surface area contributed by atoms with Crippen molar-refractivity contribution in [2.75, 3.05) is 6.54 Å². The Bertz CT molecular complexity index is 485. The molecule has 2 rings (SSSR count). The van der Waals surface area contributed by atoms with Crippen molar-refractivity contribution in [3.05, 3.63) is 28.5 Å². The van der Waals surface area contributed by atoms with Gasteiger partial charge in [0.05, 0.1) is 5.60 Å². The van der Waals surface area contributed by atoms with Gasteiger partial charge in [-0.15, -0.1) is 0 Å². The van der Waals surface area contributed by atoms with Crippen molar-refractivity contribution < 1.29 is 9.90 Å². The van der Waals surface area contributed by atoms with Crippen LogP contribution in [0.3, 0.4) is 0 Å². The minimum atomic E-state index is -0.737. The zero-order valence-electron chi connectivity index (χ0n) is 11.8. The molecule has 1 aliphatic carbocycles. The van der Waals surface area contributed by atoms with Gasteiger partial charge in [0, 0.05) is 17.8 Å². The van der Waals surface area contributed by atoms with Crippen molar-refractivity contribution >= 4 is 17.5 Å². The Morgan fingerprint density at radius 1 is 1.45 bits per heavy atom. The summed E-state index contributed by atoms with van der Waals surface area (Å²) in [5.74, 6) is -0.202. The summed E-state index contributed by atoms with van der Waals surface area (Å²) in [5, 5.41) is 13.4. The first-order valence-corrected chi connectivity index (χ1v) is 7.57. The van der Waals surface area contributed by atoms with Gasteiger partial charge in [-0.2, -0.15) is 0 Å². The molecule has 0 saturated heterocycles. The van der Waals surface area contributed by atoms with E-state index in [2.05, 4.69) is 17.2 Å². The lowest BCUT2D eigenvalue weighted by Gasteiger charge is -2.22. The Morgan fingerprint density at radius 3 is 2.80 bits per heavy atom. The molecule has 1 aliphatic rings. The Hall–Kier alpha value is -1.13. The van der Waals surface area contributed by atoms with Gasteiger partial charge < -0.3 is 10.4 Å². The van der Waals surface area contributed by atoms with Gasteiger partial charge in [0.2, 0.25) is 0 Å². The second kappa shape index (κ2) is 6.55. The number of aryl methyl sites for hydroxylation is 1. The molecule has 0 bridgehead atoms. The number of hydrogen-bond acceptors (Lipinski definition) is 3. The zero-order chi connectivity index (χ0) is 14.6. The molecule has 20 heavy (non-hydrogen) atoms. The molecule has 1 amide bonds. The lowest BCUT2D eigenvalue weighted by Crippen LogP contribution is -2.40. The molecule has 0 unspecified atom stereocenters. The van der Waals surface area contributed by atoms with Gasteiger partial charge in [-0.3, -0.25) is 4.79 Å². The first-order valence-electron chi connectivity index (χ1n) is 7.19. The molecule has 110 valence electrons. The molecule has 0 atom stereocenters. The van der Waals surface area contributed by atoms with Crippen LogP contribution in [0.4, 0.5) is 0 Å². The highest BCUT2D eigenvalue weighted by atomic mass is 35.5. The van der Waals surface area contributed by atoms with Crippen molar-refractivity contribution in [3.8, 4) is 0 Å². The van der Waals surface area contributed by atoms with Crippen LogP contribution in [0.1, 0.15) is 55.1 Å². The molecule has 2 N–H and O–H groups in total. The maximum Gasteiger partial charge on any atom is 0.251 e. The van der Waals surface area contributed by atoms with E-state index < -0.39 is 5.60 Å². The molecule has 0 aliphatic heterocycles. The highest BCUT2D eigenvalue weighted by Gasteiger charge is 2.31. The first-order chi connectivity index (χ1) is 9.52. The Kier molecular flexibility index (Phi) is 5.00. The predicted octanol–water partition coefficient (Wildman–Crippen LogP) is 2.72. The number of amides is 1. The maximum absolute atomic E-state index is 12.1. The summed E-state index contributed by atoms with van der Waals surface area (Å²) in [7, 11) is 0. The van der Waals surface area contributed by atoms with Crippen molar-refractivity contribution in [1.82, 2.24) is 10.3 Å². The number of aromatic nitrogens is 1. The van der Waals surface area contributed by atoms with Crippen molar-refractivity contribution in [1.29, 1.82) is 0 Å². The average molecular weight is 297 g/mol. The van der Waals surface area contributed by atoms with Gasteiger partial charge in [0.1, 0.15) is 5.15 Å². The third-order valence-corrected chi connectivity index (χ3v) is 3.92. The average Bonchev–Trinajstić information content (AvgIpc) is 2.83. The van der Waals surface area contributed by atoms with E-state index in [1.165, 1.54) is 0 Å². The van der Waals surface area contributed by atoms with Crippen LogP contribution >= 0.6 is 11.6 Å². The van der Waals surface area contributed by atoms with Gasteiger partial charge in [-0.25, -0.2) is 4.98 Å². The second-order valence-corrected chi connectivity index (χ2v) is 5.92. The van der Waals surface area contributed by atoms with E-state index in [1.54, 1.807) is 12.1 Å². The highest BCUT2D eigenvalue weighted by Crippen LogP contribution is 2.28. The fourth-order valence-corrected chi connectivity index (χ4v) is 2.85. The summed E-state index contributed by atoms with van der Waals surface area (Å²) in [6.07, 6.45) is 5.30. The fourth-order valence-electron chi connectivity index (χ4n) is 2.62. The number of nitrogens with zero attached hydrogens (tertiary/aromatic N) is 1. The van der Waals surface area contributed by atoms with Gasteiger partial charge >= 0.3 is 0 Å².